The standard InChI is InChI=1S/C18H17Cl2NO3/c1-18(2,12-6-4-3-5-7-12)17(23)24-11-16(22)21-15-9-8-13(19)10-14(15)20/h3-10H,11H2,1-2H3,(H,21,22). The Morgan fingerprint density at radius 1 is 1.08 bits per heavy atom. The summed E-state index contributed by atoms with van der Waals surface area (Å²) in [4.78, 5) is 24.2. The molecule has 0 heterocycles. The van der Waals surface area contributed by atoms with E-state index in [0.717, 1.165) is 5.56 Å². The van der Waals surface area contributed by atoms with Gasteiger partial charge in [-0.3, -0.25) is 9.59 Å². The number of hydrogen-bond donors (Lipinski definition) is 1. The van der Waals surface area contributed by atoms with Gasteiger partial charge in [-0.2, -0.15) is 0 Å². The highest BCUT2D eigenvalue weighted by atomic mass is 35.5. The van der Waals surface area contributed by atoms with Crippen LogP contribution >= 0.6 is 23.2 Å². The van der Waals surface area contributed by atoms with Crippen LogP contribution in [-0.2, 0) is 19.7 Å². The first kappa shape index (κ1) is 18.3. The highest BCUT2D eigenvalue weighted by Crippen LogP contribution is 2.26. The van der Waals surface area contributed by atoms with Gasteiger partial charge < -0.3 is 10.1 Å². The molecule has 2 rings (SSSR count). The van der Waals surface area contributed by atoms with Crippen LogP contribution in [0.3, 0.4) is 0 Å². The van der Waals surface area contributed by atoms with Crippen molar-refractivity contribution in [2.45, 2.75) is 19.3 Å². The van der Waals surface area contributed by atoms with Crippen molar-refractivity contribution in [3.8, 4) is 0 Å². The normalized spacial score (nSPS) is 11.0. The molecule has 0 spiro atoms. The van der Waals surface area contributed by atoms with Gasteiger partial charge in [0.2, 0.25) is 0 Å². The zero-order chi connectivity index (χ0) is 17.7. The number of esters is 1. The molecule has 1 N–H and O–H groups in total. The summed E-state index contributed by atoms with van der Waals surface area (Å²) in [6.07, 6.45) is 0. The highest BCUT2D eigenvalue weighted by molar-refractivity contribution is 6.36. The third kappa shape index (κ3) is 4.49. The largest absolute Gasteiger partial charge is 0.455 e. The molecule has 24 heavy (non-hydrogen) atoms. The summed E-state index contributed by atoms with van der Waals surface area (Å²) in [6, 6.07) is 14.0. The number of rotatable bonds is 5. The fourth-order valence-electron chi connectivity index (χ4n) is 2.06. The van der Waals surface area contributed by atoms with Gasteiger partial charge in [0.15, 0.2) is 6.61 Å². The second kappa shape index (κ2) is 7.69. The van der Waals surface area contributed by atoms with Crippen LogP contribution in [0.1, 0.15) is 19.4 Å². The lowest BCUT2D eigenvalue weighted by Crippen LogP contribution is -2.33. The molecule has 0 saturated heterocycles. The average molecular weight is 366 g/mol. The summed E-state index contributed by atoms with van der Waals surface area (Å²) in [5, 5.41) is 3.36. The molecule has 4 nitrogen and oxygen atoms in total. The molecule has 0 saturated carbocycles. The van der Waals surface area contributed by atoms with Crippen molar-refractivity contribution in [3.63, 3.8) is 0 Å². The van der Waals surface area contributed by atoms with Crippen LogP contribution in [0.2, 0.25) is 10.0 Å². The lowest BCUT2D eigenvalue weighted by molar-refractivity contribution is -0.152. The summed E-state index contributed by atoms with van der Waals surface area (Å²) in [6.45, 7) is 3.10. The van der Waals surface area contributed by atoms with Crippen molar-refractivity contribution in [2.24, 2.45) is 0 Å². The number of nitrogens with one attached hydrogen (secondary N) is 1. The summed E-state index contributed by atoms with van der Waals surface area (Å²) in [5.74, 6) is -0.956. The molecule has 0 aliphatic heterocycles. The number of amides is 1. The second-order valence-corrected chi connectivity index (χ2v) is 6.58. The van der Waals surface area contributed by atoms with Crippen LogP contribution in [-0.4, -0.2) is 18.5 Å². The predicted molar refractivity (Wildman–Crippen MR) is 95.5 cm³/mol. The molecule has 0 atom stereocenters. The van der Waals surface area contributed by atoms with E-state index in [1.807, 2.05) is 30.3 Å². The van der Waals surface area contributed by atoms with Crippen LogP contribution < -0.4 is 5.32 Å². The lowest BCUT2D eigenvalue weighted by Gasteiger charge is -2.22. The van der Waals surface area contributed by atoms with Crippen molar-refractivity contribution < 1.29 is 14.3 Å². The first-order valence-corrected chi connectivity index (χ1v) is 8.04. The van der Waals surface area contributed by atoms with Gasteiger partial charge in [-0.1, -0.05) is 53.5 Å². The van der Waals surface area contributed by atoms with E-state index in [1.165, 1.54) is 6.07 Å². The predicted octanol–water partition coefficient (Wildman–Crippen LogP) is 4.45. The SMILES string of the molecule is CC(C)(C(=O)OCC(=O)Nc1ccc(Cl)cc1Cl)c1ccccc1. The Kier molecular flexibility index (Phi) is 5.86. The molecule has 0 unspecified atom stereocenters. The van der Waals surface area contributed by atoms with Crippen LogP contribution in [0.5, 0.6) is 0 Å². The molecule has 2 aromatic carbocycles. The van der Waals surface area contributed by atoms with E-state index >= 15 is 0 Å². The van der Waals surface area contributed by atoms with Crippen LogP contribution in [0, 0.1) is 0 Å². The van der Waals surface area contributed by atoms with E-state index in [0.29, 0.717) is 15.7 Å². The van der Waals surface area contributed by atoms with Gasteiger partial charge >= 0.3 is 5.97 Å². The Hall–Kier alpha value is -2.04. The molecule has 0 aliphatic carbocycles. The number of benzene rings is 2. The van der Waals surface area contributed by atoms with E-state index in [1.54, 1.807) is 26.0 Å². The quantitative estimate of drug-likeness (QED) is 0.796. The minimum atomic E-state index is -0.848. The number of ether oxygens (including phenoxy) is 1. The Bertz CT molecular complexity index is 745. The van der Waals surface area contributed by atoms with E-state index in [4.69, 9.17) is 27.9 Å². The monoisotopic (exact) mass is 365 g/mol. The zero-order valence-electron chi connectivity index (χ0n) is 13.3. The van der Waals surface area contributed by atoms with Gasteiger partial charge in [-0.05, 0) is 37.6 Å². The van der Waals surface area contributed by atoms with Crippen molar-refractivity contribution in [3.05, 3.63) is 64.1 Å². The van der Waals surface area contributed by atoms with Gasteiger partial charge in [0.1, 0.15) is 0 Å². The summed E-state index contributed by atoms with van der Waals surface area (Å²) in [5.41, 5.74) is 0.375. The van der Waals surface area contributed by atoms with Crippen molar-refractivity contribution >= 4 is 40.8 Å². The Morgan fingerprint density at radius 2 is 1.75 bits per heavy atom. The van der Waals surface area contributed by atoms with Crippen LogP contribution in [0.15, 0.2) is 48.5 Å². The van der Waals surface area contributed by atoms with Crippen molar-refractivity contribution in [1.82, 2.24) is 0 Å². The van der Waals surface area contributed by atoms with Gasteiger partial charge in [0.25, 0.3) is 5.91 Å². The molecule has 0 aromatic heterocycles. The number of hydrogen-bond acceptors (Lipinski definition) is 3. The molecule has 126 valence electrons. The second-order valence-electron chi connectivity index (χ2n) is 5.74. The number of carbonyl (C=O) groups excluding carboxylic acids is 2. The lowest BCUT2D eigenvalue weighted by atomic mass is 9.85. The fourth-order valence-corrected chi connectivity index (χ4v) is 2.52. The molecule has 0 bridgehead atoms. The minimum absolute atomic E-state index is 0.312. The molecule has 6 heteroatoms. The molecule has 1 amide bonds. The maximum absolute atomic E-state index is 12.3. The average Bonchev–Trinajstić information content (AvgIpc) is 2.56. The maximum atomic E-state index is 12.3. The van der Waals surface area contributed by atoms with Crippen molar-refractivity contribution in [2.75, 3.05) is 11.9 Å². The molecular formula is C18H17Cl2NO3. The molecular weight excluding hydrogens is 349 g/mol. The third-order valence-corrected chi connectivity index (χ3v) is 4.09. The smallest absolute Gasteiger partial charge is 0.316 e. The summed E-state index contributed by atoms with van der Waals surface area (Å²) < 4.78 is 5.14. The molecule has 0 radical (unpaired) electrons. The summed E-state index contributed by atoms with van der Waals surface area (Å²) >= 11 is 11.8. The summed E-state index contributed by atoms with van der Waals surface area (Å²) in [7, 11) is 0. The maximum Gasteiger partial charge on any atom is 0.316 e. The molecule has 2 aromatic rings. The van der Waals surface area contributed by atoms with E-state index in [2.05, 4.69) is 5.32 Å². The van der Waals surface area contributed by atoms with E-state index < -0.39 is 23.9 Å². The first-order valence-electron chi connectivity index (χ1n) is 7.28. The fraction of sp³-hybridized carbons (Fsp3) is 0.222. The zero-order valence-corrected chi connectivity index (χ0v) is 14.8. The van der Waals surface area contributed by atoms with E-state index in [9.17, 15) is 9.59 Å². The van der Waals surface area contributed by atoms with Crippen molar-refractivity contribution in [1.29, 1.82) is 0 Å². The van der Waals surface area contributed by atoms with Crippen LogP contribution in [0.25, 0.3) is 0 Å². The Balaban J connectivity index is 1.95. The van der Waals surface area contributed by atoms with Crippen LogP contribution in [0.4, 0.5) is 5.69 Å². The minimum Gasteiger partial charge on any atom is -0.455 e. The first-order chi connectivity index (χ1) is 11.3. The van der Waals surface area contributed by atoms with Gasteiger partial charge in [0.05, 0.1) is 16.1 Å². The van der Waals surface area contributed by atoms with E-state index in [-0.39, 0.29) is 0 Å². The van der Waals surface area contributed by atoms with Gasteiger partial charge in [-0.25, -0.2) is 0 Å². The Labute approximate surface area is 150 Å². The molecule has 0 fully saturated rings. The Morgan fingerprint density at radius 3 is 2.38 bits per heavy atom. The highest BCUT2D eigenvalue weighted by Gasteiger charge is 2.31. The molecule has 0 aliphatic rings. The van der Waals surface area contributed by atoms with Gasteiger partial charge in [0, 0.05) is 5.02 Å². The number of carbonyl (C=O) groups is 2. The van der Waals surface area contributed by atoms with Gasteiger partial charge in [-0.15, -0.1) is 0 Å². The third-order valence-electron chi connectivity index (χ3n) is 3.55. The topological polar surface area (TPSA) is 55.4 Å². The number of anilines is 1. The number of halogens is 2.